The lowest BCUT2D eigenvalue weighted by molar-refractivity contribution is -0.118. The van der Waals surface area contributed by atoms with Crippen molar-refractivity contribution in [3.05, 3.63) is 82.8 Å². The minimum Gasteiger partial charge on any atom is -0.337 e. The largest absolute Gasteiger partial charge is 0.337 e. The summed E-state index contributed by atoms with van der Waals surface area (Å²) in [5, 5.41) is 7.33. The lowest BCUT2D eigenvalue weighted by Crippen LogP contribution is -2.35. The first-order valence-corrected chi connectivity index (χ1v) is 9.68. The number of carbonyl (C=O) groups excluding carboxylic acids is 2. The Balaban J connectivity index is 1.58. The van der Waals surface area contributed by atoms with Gasteiger partial charge in [-0.05, 0) is 47.8 Å². The molecule has 0 aliphatic rings. The van der Waals surface area contributed by atoms with Crippen molar-refractivity contribution in [1.82, 2.24) is 5.32 Å². The first-order chi connectivity index (χ1) is 13.6. The van der Waals surface area contributed by atoms with Crippen molar-refractivity contribution in [2.45, 2.75) is 13.0 Å². The van der Waals surface area contributed by atoms with Crippen LogP contribution in [0.15, 0.2) is 72.1 Å². The zero-order chi connectivity index (χ0) is 19.8. The summed E-state index contributed by atoms with van der Waals surface area (Å²) in [6.45, 7) is 0.595. The fourth-order valence-corrected chi connectivity index (χ4v) is 3.31. The quantitative estimate of drug-likeness (QED) is 0.610. The lowest BCUT2D eigenvalue weighted by atomic mass is 10.2. The van der Waals surface area contributed by atoms with Gasteiger partial charge >= 0.3 is 6.03 Å². The van der Waals surface area contributed by atoms with Crippen LogP contribution < -0.4 is 15.5 Å². The molecule has 0 saturated heterocycles. The average molecular weight is 397 g/mol. The Labute approximate surface area is 166 Å². The van der Waals surface area contributed by atoms with Crippen LogP contribution in [0.1, 0.15) is 11.3 Å². The summed E-state index contributed by atoms with van der Waals surface area (Å²) in [5.74, 6) is -0.508. The van der Waals surface area contributed by atoms with E-state index < -0.39 is 0 Å². The van der Waals surface area contributed by atoms with E-state index in [4.69, 9.17) is 0 Å². The molecule has 7 heteroatoms. The summed E-state index contributed by atoms with van der Waals surface area (Å²) < 4.78 is 13.2. The topological polar surface area (TPSA) is 61.4 Å². The third-order valence-electron chi connectivity index (χ3n) is 3.99. The van der Waals surface area contributed by atoms with Gasteiger partial charge in [0.05, 0.1) is 6.54 Å². The highest BCUT2D eigenvalue weighted by Crippen LogP contribution is 2.21. The second kappa shape index (κ2) is 9.66. The van der Waals surface area contributed by atoms with E-state index in [1.54, 1.807) is 40.5 Å². The van der Waals surface area contributed by atoms with Gasteiger partial charge in [-0.3, -0.25) is 4.79 Å². The molecule has 5 nitrogen and oxygen atoms in total. The van der Waals surface area contributed by atoms with Crippen LogP contribution in [0.2, 0.25) is 0 Å². The molecule has 0 saturated carbocycles. The average Bonchev–Trinajstić information content (AvgIpc) is 3.21. The van der Waals surface area contributed by atoms with E-state index >= 15 is 0 Å². The maximum atomic E-state index is 13.2. The van der Waals surface area contributed by atoms with Crippen molar-refractivity contribution in [2.24, 2.45) is 0 Å². The summed E-state index contributed by atoms with van der Waals surface area (Å²) >= 11 is 1.55. The van der Waals surface area contributed by atoms with Crippen molar-refractivity contribution in [3.8, 4) is 0 Å². The van der Waals surface area contributed by atoms with Gasteiger partial charge in [0.1, 0.15) is 5.82 Å². The molecule has 3 aromatic rings. The highest BCUT2D eigenvalue weighted by atomic mass is 32.1. The fraction of sp³-hybridized carbons (Fsp3) is 0.143. The van der Waals surface area contributed by atoms with E-state index in [1.807, 2.05) is 35.7 Å². The molecule has 0 fully saturated rings. The molecular weight excluding hydrogens is 377 g/mol. The molecule has 28 heavy (non-hydrogen) atoms. The molecule has 2 N–H and O–H groups in total. The van der Waals surface area contributed by atoms with E-state index in [1.165, 1.54) is 12.1 Å². The maximum absolute atomic E-state index is 13.2. The van der Waals surface area contributed by atoms with Crippen molar-refractivity contribution in [2.75, 3.05) is 16.8 Å². The molecule has 1 heterocycles. The predicted molar refractivity (Wildman–Crippen MR) is 110 cm³/mol. The van der Waals surface area contributed by atoms with E-state index in [9.17, 15) is 14.0 Å². The van der Waals surface area contributed by atoms with Crippen LogP contribution in [0, 0.1) is 5.82 Å². The van der Waals surface area contributed by atoms with Crippen LogP contribution in [0.3, 0.4) is 0 Å². The fourth-order valence-electron chi connectivity index (χ4n) is 2.62. The Kier molecular flexibility index (Phi) is 6.75. The summed E-state index contributed by atoms with van der Waals surface area (Å²) in [5.41, 5.74) is 1.30. The molecule has 144 valence electrons. The molecule has 2 aromatic carbocycles. The van der Waals surface area contributed by atoms with Crippen LogP contribution >= 0.6 is 11.3 Å². The van der Waals surface area contributed by atoms with Gasteiger partial charge in [-0.25, -0.2) is 9.18 Å². The van der Waals surface area contributed by atoms with Crippen molar-refractivity contribution < 1.29 is 14.0 Å². The summed E-state index contributed by atoms with van der Waals surface area (Å²) in [6.07, 6.45) is 0.130. The Bertz CT molecular complexity index is 899. The number of anilines is 2. The highest BCUT2D eigenvalue weighted by Gasteiger charge is 2.17. The van der Waals surface area contributed by atoms with Crippen LogP contribution in [0.25, 0.3) is 0 Å². The SMILES string of the molecule is O=C(NCCC(=O)N(Cc1cccs1)c1ccc(F)cc1)Nc1ccccc1. The number of hydrogen-bond acceptors (Lipinski definition) is 3. The molecule has 0 spiro atoms. The number of halogens is 1. The smallest absolute Gasteiger partial charge is 0.319 e. The third kappa shape index (κ3) is 5.65. The molecule has 1 aromatic heterocycles. The normalized spacial score (nSPS) is 10.3. The molecule has 0 radical (unpaired) electrons. The highest BCUT2D eigenvalue weighted by molar-refractivity contribution is 7.09. The Morgan fingerprint density at radius 2 is 1.71 bits per heavy atom. The second-order valence-electron chi connectivity index (χ2n) is 6.03. The number of thiophene rings is 1. The van der Waals surface area contributed by atoms with Gasteiger partial charge in [-0.1, -0.05) is 24.3 Å². The Morgan fingerprint density at radius 1 is 0.964 bits per heavy atom. The molecule has 3 rings (SSSR count). The van der Waals surface area contributed by atoms with Gasteiger partial charge < -0.3 is 15.5 Å². The first kappa shape index (κ1) is 19.6. The van der Waals surface area contributed by atoms with E-state index in [-0.39, 0.29) is 30.7 Å². The molecule has 0 aliphatic carbocycles. The summed E-state index contributed by atoms with van der Waals surface area (Å²) in [7, 11) is 0. The van der Waals surface area contributed by atoms with Crippen molar-refractivity contribution in [3.63, 3.8) is 0 Å². The van der Waals surface area contributed by atoms with Crippen molar-refractivity contribution >= 4 is 34.6 Å². The van der Waals surface area contributed by atoms with Crippen LogP contribution in [0.5, 0.6) is 0 Å². The lowest BCUT2D eigenvalue weighted by Gasteiger charge is -2.22. The minimum absolute atomic E-state index is 0.130. The number of benzene rings is 2. The number of nitrogens with zero attached hydrogens (tertiary/aromatic N) is 1. The van der Waals surface area contributed by atoms with Crippen molar-refractivity contribution in [1.29, 1.82) is 0 Å². The van der Waals surface area contributed by atoms with Gasteiger partial charge in [0.25, 0.3) is 0 Å². The summed E-state index contributed by atoms with van der Waals surface area (Å²) in [6, 6.07) is 18.4. The Hall–Kier alpha value is -3.19. The first-order valence-electron chi connectivity index (χ1n) is 8.80. The number of nitrogens with one attached hydrogen (secondary N) is 2. The van der Waals surface area contributed by atoms with Crippen LogP contribution in [-0.4, -0.2) is 18.5 Å². The predicted octanol–water partition coefficient (Wildman–Crippen LogP) is 4.63. The number of amides is 3. The monoisotopic (exact) mass is 397 g/mol. The van der Waals surface area contributed by atoms with E-state index in [2.05, 4.69) is 10.6 Å². The molecule has 0 unspecified atom stereocenters. The van der Waals surface area contributed by atoms with Gasteiger partial charge in [-0.15, -0.1) is 11.3 Å². The molecule has 0 aliphatic heterocycles. The maximum Gasteiger partial charge on any atom is 0.319 e. The van der Waals surface area contributed by atoms with Gasteiger partial charge in [0.2, 0.25) is 5.91 Å². The summed E-state index contributed by atoms with van der Waals surface area (Å²) in [4.78, 5) is 27.3. The van der Waals surface area contributed by atoms with E-state index in [0.717, 1.165) is 4.88 Å². The number of carbonyl (C=O) groups is 2. The molecule has 0 bridgehead atoms. The number of rotatable bonds is 7. The molecular formula is C21H20FN3O2S. The van der Waals surface area contributed by atoms with Gasteiger partial charge in [0, 0.05) is 29.2 Å². The minimum atomic E-state index is -0.370. The van der Waals surface area contributed by atoms with Gasteiger partial charge in [0.15, 0.2) is 0 Å². The van der Waals surface area contributed by atoms with Gasteiger partial charge in [-0.2, -0.15) is 0 Å². The Morgan fingerprint density at radius 3 is 2.39 bits per heavy atom. The van der Waals surface area contributed by atoms with Crippen LogP contribution in [-0.2, 0) is 11.3 Å². The number of urea groups is 1. The van der Waals surface area contributed by atoms with Crippen LogP contribution in [0.4, 0.5) is 20.6 Å². The second-order valence-corrected chi connectivity index (χ2v) is 7.06. The zero-order valence-corrected chi connectivity index (χ0v) is 15.9. The standard InChI is InChI=1S/C21H20FN3O2S/c22-16-8-10-18(11-9-16)25(15-19-7-4-14-28-19)20(26)12-13-23-21(27)24-17-5-2-1-3-6-17/h1-11,14H,12-13,15H2,(H2,23,24,27). The van der Waals surface area contributed by atoms with E-state index in [0.29, 0.717) is 17.9 Å². The molecule has 3 amide bonds. The number of hydrogen-bond donors (Lipinski definition) is 2. The number of para-hydroxylation sites is 1. The molecule has 0 atom stereocenters. The zero-order valence-electron chi connectivity index (χ0n) is 15.1. The third-order valence-corrected chi connectivity index (χ3v) is 4.85.